The van der Waals surface area contributed by atoms with Crippen molar-refractivity contribution in [1.82, 2.24) is 4.90 Å². The molecule has 1 saturated heterocycles. The molecule has 0 aliphatic carbocycles. The molecule has 1 fully saturated rings. The molecule has 3 rings (SSSR count). The molecule has 0 spiro atoms. The van der Waals surface area contributed by atoms with E-state index in [0.717, 1.165) is 22.4 Å². The number of carbonyl (C=O) groups is 2. The van der Waals surface area contributed by atoms with Gasteiger partial charge in [0, 0.05) is 25.2 Å². The maximum absolute atomic E-state index is 12.8. The molecule has 1 N–H and O–H groups in total. The largest absolute Gasteiger partial charge is 0.338 e. The van der Waals surface area contributed by atoms with Crippen molar-refractivity contribution < 1.29 is 9.59 Å². The maximum Gasteiger partial charge on any atom is 0.229 e. The Bertz CT molecular complexity index is 799. The summed E-state index contributed by atoms with van der Waals surface area (Å²) in [6, 6.07) is 16.0. The van der Waals surface area contributed by atoms with E-state index in [-0.39, 0.29) is 24.2 Å². The van der Waals surface area contributed by atoms with Gasteiger partial charge in [0.25, 0.3) is 0 Å². The van der Waals surface area contributed by atoms with Crippen LogP contribution < -0.4 is 5.32 Å². The van der Waals surface area contributed by atoms with Crippen LogP contribution in [0.2, 0.25) is 0 Å². The molecule has 4 nitrogen and oxygen atoms in total. The molecule has 0 unspecified atom stereocenters. The summed E-state index contributed by atoms with van der Waals surface area (Å²) >= 11 is 0. The van der Waals surface area contributed by atoms with Crippen LogP contribution in [0.1, 0.15) is 42.9 Å². The molecule has 1 heterocycles. The van der Waals surface area contributed by atoms with Gasteiger partial charge in [-0.3, -0.25) is 9.59 Å². The summed E-state index contributed by atoms with van der Waals surface area (Å²) < 4.78 is 0. The fourth-order valence-corrected chi connectivity index (χ4v) is 3.47. The number of hydrogen-bond acceptors (Lipinski definition) is 2. The number of benzene rings is 2. The predicted octanol–water partition coefficient (Wildman–Crippen LogP) is 4.11. The van der Waals surface area contributed by atoms with Crippen LogP contribution in [0.25, 0.3) is 0 Å². The Morgan fingerprint density at radius 3 is 2.58 bits per heavy atom. The summed E-state index contributed by atoms with van der Waals surface area (Å²) in [5, 5.41) is 3.09. The van der Waals surface area contributed by atoms with E-state index < -0.39 is 0 Å². The Kier molecular flexibility index (Phi) is 5.40. The molecule has 136 valence electrons. The number of nitrogens with one attached hydrogen (secondary N) is 1. The SMILES string of the molecule is Cc1cccc(C(C)C)c1NC(=O)[C@H]1CC(=O)N(Cc2ccccc2)C1. The van der Waals surface area contributed by atoms with Crippen LogP contribution in [0.5, 0.6) is 0 Å². The highest BCUT2D eigenvalue weighted by Crippen LogP contribution is 2.29. The van der Waals surface area contributed by atoms with Crippen LogP contribution in [0.3, 0.4) is 0 Å². The fraction of sp³-hybridized carbons (Fsp3) is 0.364. The zero-order chi connectivity index (χ0) is 18.7. The molecule has 2 amide bonds. The van der Waals surface area contributed by atoms with Gasteiger partial charge in [0.2, 0.25) is 11.8 Å². The summed E-state index contributed by atoms with van der Waals surface area (Å²) in [4.78, 5) is 26.9. The van der Waals surface area contributed by atoms with Crippen molar-refractivity contribution in [3.8, 4) is 0 Å². The third-order valence-corrected chi connectivity index (χ3v) is 4.98. The van der Waals surface area contributed by atoms with E-state index in [1.807, 2.05) is 49.4 Å². The van der Waals surface area contributed by atoms with E-state index in [9.17, 15) is 9.59 Å². The summed E-state index contributed by atoms with van der Waals surface area (Å²) in [6.45, 7) is 7.27. The van der Waals surface area contributed by atoms with E-state index in [0.29, 0.717) is 19.0 Å². The predicted molar refractivity (Wildman–Crippen MR) is 104 cm³/mol. The van der Waals surface area contributed by atoms with Gasteiger partial charge in [0.05, 0.1) is 5.92 Å². The van der Waals surface area contributed by atoms with Gasteiger partial charge in [0.1, 0.15) is 0 Å². The summed E-state index contributed by atoms with van der Waals surface area (Å²) in [5.41, 5.74) is 4.16. The summed E-state index contributed by atoms with van der Waals surface area (Å²) in [5.74, 6) is 0.00352. The second-order valence-electron chi connectivity index (χ2n) is 7.34. The summed E-state index contributed by atoms with van der Waals surface area (Å²) in [7, 11) is 0. The van der Waals surface area contributed by atoms with Crippen molar-refractivity contribution in [2.75, 3.05) is 11.9 Å². The number of anilines is 1. The van der Waals surface area contributed by atoms with Crippen LogP contribution >= 0.6 is 0 Å². The molecule has 1 atom stereocenters. The zero-order valence-electron chi connectivity index (χ0n) is 15.7. The first-order valence-corrected chi connectivity index (χ1v) is 9.17. The van der Waals surface area contributed by atoms with Gasteiger partial charge in [-0.15, -0.1) is 0 Å². The number of likely N-dealkylation sites (tertiary alicyclic amines) is 1. The first kappa shape index (κ1) is 18.2. The number of para-hydroxylation sites is 1. The van der Waals surface area contributed by atoms with Crippen LogP contribution in [0.4, 0.5) is 5.69 Å². The molecule has 1 aliphatic heterocycles. The molecule has 26 heavy (non-hydrogen) atoms. The third-order valence-electron chi connectivity index (χ3n) is 4.98. The van der Waals surface area contributed by atoms with Crippen molar-refractivity contribution in [3.05, 3.63) is 65.2 Å². The Morgan fingerprint density at radius 1 is 1.15 bits per heavy atom. The second-order valence-corrected chi connectivity index (χ2v) is 7.34. The minimum Gasteiger partial charge on any atom is -0.338 e. The summed E-state index contributed by atoms with van der Waals surface area (Å²) in [6.07, 6.45) is 0.279. The topological polar surface area (TPSA) is 49.4 Å². The standard InChI is InChI=1S/C22H26N2O2/c1-15(2)19-11-7-8-16(3)21(19)23-22(26)18-12-20(25)24(14-18)13-17-9-5-4-6-10-17/h4-11,15,18H,12-14H2,1-3H3,(H,23,26)/t18-/m0/s1. The lowest BCUT2D eigenvalue weighted by Crippen LogP contribution is -2.28. The van der Waals surface area contributed by atoms with Crippen molar-refractivity contribution in [1.29, 1.82) is 0 Å². The quantitative estimate of drug-likeness (QED) is 0.882. The first-order chi connectivity index (χ1) is 12.5. The normalized spacial score (nSPS) is 17.0. The maximum atomic E-state index is 12.8. The lowest BCUT2D eigenvalue weighted by atomic mass is 9.97. The number of nitrogens with zero attached hydrogens (tertiary/aromatic N) is 1. The Labute approximate surface area is 155 Å². The zero-order valence-corrected chi connectivity index (χ0v) is 15.7. The number of carbonyl (C=O) groups excluding carboxylic acids is 2. The number of amides is 2. The van der Waals surface area contributed by atoms with Crippen LogP contribution in [0, 0.1) is 12.8 Å². The van der Waals surface area contributed by atoms with Crippen molar-refractivity contribution in [3.63, 3.8) is 0 Å². The van der Waals surface area contributed by atoms with E-state index in [1.165, 1.54) is 0 Å². The minimum atomic E-state index is -0.300. The second kappa shape index (κ2) is 7.73. The van der Waals surface area contributed by atoms with Crippen LogP contribution in [0.15, 0.2) is 48.5 Å². The minimum absolute atomic E-state index is 0.0443. The Morgan fingerprint density at radius 2 is 1.88 bits per heavy atom. The highest BCUT2D eigenvalue weighted by Gasteiger charge is 2.34. The first-order valence-electron chi connectivity index (χ1n) is 9.17. The van der Waals surface area contributed by atoms with E-state index in [4.69, 9.17) is 0 Å². The number of hydrogen-bond donors (Lipinski definition) is 1. The highest BCUT2D eigenvalue weighted by molar-refractivity contribution is 5.98. The molecule has 4 heteroatoms. The molecule has 0 radical (unpaired) electrons. The molecule has 0 bridgehead atoms. The van der Waals surface area contributed by atoms with Gasteiger partial charge in [0.15, 0.2) is 0 Å². The lowest BCUT2D eigenvalue weighted by Gasteiger charge is -2.19. The van der Waals surface area contributed by atoms with E-state index in [1.54, 1.807) is 4.90 Å². The Balaban J connectivity index is 1.69. The average molecular weight is 350 g/mol. The van der Waals surface area contributed by atoms with Crippen LogP contribution in [-0.4, -0.2) is 23.3 Å². The molecule has 1 aliphatic rings. The van der Waals surface area contributed by atoms with Gasteiger partial charge >= 0.3 is 0 Å². The smallest absolute Gasteiger partial charge is 0.229 e. The Hall–Kier alpha value is -2.62. The highest BCUT2D eigenvalue weighted by atomic mass is 16.2. The van der Waals surface area contributed by atoms with Crippen molar-refractivity contribution in [2.45, 2.75) is 39.7 Å². The van der Waals surface area contributed by atoms with Crippen molar-refractivity contribution in [2.24, 2.45) is 5.92 Å². The fourth-order valence-electron chi connectivity index (χ4n) is 3.47. The number of rotatable bonds is 5. The van der Waals surface area contributed by atoms with E-state index >= 15 is 0 Å². The molecule has 2 aromatic rings. The molecule has 0 aromatic heterocycles. The van der Waals surface area contributed by atoms with Crippen molar-refractivity contribution >= 4 is 17.5 Å². The van der Waals surface area contributed by atoms with Gasteiger partial charge in [-0.25, -0.2) is 0 Å². The molecular weight excluding hydrogens is 324 g/mol. The molecular formula is C22H26N2O2. The van der Waals surface area contributed by atoms with E-state index in [2.05, 4.69) is 25.2 Å². The van der Waals surface area contributed by atoms with Gasteiger partial charge < -0.3 is 10.2 Å². The average Bonchev–Trinajstić information content (AvgIpc) is 2.98. The van der Waals surface area contributed by atoms with Gasteiger partial charge in [-0.05, 0) is 29.5 Å². The molecule has 0 saturated carbocycles. The van der Waals surface area contributed by atoms with Gasteiger partial charge in [-0.2, -0.15) is 0 Å². The lowest BCUT2D eigenvalue weighted by molar-refractivity contribution is -0.128. The number of aryl methyl sites for hydroxylation is 1. The van der Waals surface area contributed by atoms with Gasteiger partial charge in [-0.1, -0.05) is 62.4 Å². The monoisotopic (exact) mass is 350 g/mol. The third kappa shape index (κ3) is 3.96. The molecule has 2 aromatic carbocycles. The van der Waals surface area contributed by atoms with Crippen LogP contribution in [-0.2, 0) is 16.1 Å².